The Bertz CT molecular complexity index is 718. The second-order valence-electron chi connectivity index (χ2n) is 3.91. The van der Waals surface area contributed by atoms with Crippen LogP contribution in [-0.2, 0) is 6.54 Å². The van der Waals surface area contributed by atoms with Crippen molar-refractivity contribution in [3.8, 4) is 0 Å². The zero-order valence-electron chi connectivity index (χ0n) is 9.90. The normalized spacial score (nSPS) is 10.4. The van der Waals surface area contributed by atoms with E-state index >= 15 is 0 Å². The Morgan fingerprint density at radius 3 is 2.79 bits per heavy atom. The van der Waals surface area contributed by atoms with Gasteiger partial charge in [0, 0.05) is 19.8 Å². The molecule has 2 N–H and O–H groups in total. The van der Waals surface area contributed by atoms with Crippen LogP contribution in [0.3, 0.4) is 0 Å². The molecule has 0 bridgehead atoms. The highest BCUT2D eigenvalue weighted by Crippen LogP contribution is 2.21. The summed E-state index contributed by atoms with van der Waals surface area (Å²) in [5, 5.41) is 1.92. The Morgan fingerprint density at radius 1 is 1.47 bits per heavy atom. The zero-order valence-corrected chi connectivity index (χ0v) is 12.3. The number of nitrogens with zero attached hydrogens (tertiary/aromatic N) is 1. The van der Waals surface area contributed by atoms with Crippen molar-refractivity contribution in [2.75, 3.05) is 7.05 Å². The second-order valence-corrected chi connectivity index (χ2v) is 6.20. The minimum atomic E-state index is -0.688. The lowest BCUT2D eigenvalue weighted by atomic mass is 10.2. The predicted molar refractivity (Wildman–Crippen MR) is 75.5 cm³/mol. The number of hydrogen-bond acceptors (Lipinski definition) is 4. The SMILES string of the molecule is CN(Cc1csc(Br)c1)C(=O)c1c[nH]c(=O)[nH]c1=O. The number of rotatable bonds is 3. The second kappa shape index (κ2) is 5.54. The third-order valence-electron chi connectivity index (χ3n) is 2.44. The number of halogens is 1. The molecule has 0 aliphatic heterocycles. The average molecular weight is 344 g/mol. The van der Waals surface area contributed by atoms with Crippen molar-refractivity contribution in [3.63, 3.8) is 0 Å². The Balaban J connectivity index is 2.19. The number of H-pyrrole nitrogens is 2. The highest BCUT2D eigenvalue weighted by molar-refractivity contribution is 9.11. The fraction of sp³-hybridized carbons (Fsp3) is 0.182. The van der Waals surface area contributed by atoms with E-state index in [0.29, 0.717) is 6.54 Å². The highest BCUT2D eigenvalue weighted by Gasteiger charge is 2.16. The van der Waals surface area contributed by atoms with Gasteiger partial charge >= 0.3 is 5.69 Å². The molecule has 0 spiro atoms. The third kappa shape index (κ3) is 3.21. The van der Waals surface area contributed by atoms with Crippen molar-refractivity contribution < 1.29 is 4.79 Å². The summed E-state index contributed by atoms with van der Waals surface area (Å²) in [6.45, 7) is 0.388. The minimum Gasteiger partial charge on any atom is -0.337 e. The van der Waals surface area contributed by atoms with E-state index in [1.807, 2.05) is 16.4 Å². The molecule has 0 unspecified atom stereocenters. The van der Waals surface area contributed by atoms with Crippen LogP contribution in [0.2, 0.25) is 0 Å². The Morgan fingerprint density at radius 2 is 2.21 bits per heavy atom. The molecule has 0 saturated carbocycles. The van der Waals surface area contributed by atoms with E-state index in [2.05, 4.69) is 20.9 Å². The van der Waals surface area contributed by atoms with Crippen LogP contribution in [0, 0.1) is 0 Å². The van der Waals surface area contributed by atoms with E-state index in [9.17, 15) is 14.4 Å². The van der Waals surface area contributed by atoms with Gasteiger partial charge in [0.2, 0.25) is 0 Å². The van der Waals surface area contributed by atoms with Crippen molar-refractivity contribution in [3.05, 3.63) is 53.4 Å². The molecular weight excluding hydrogens is 334 g/mol. The smallest absolute Gasteiger partial charge is 0.325 e. The van der Waals surface area contributed by atoms with Gasteiger partial charge in [-0.25, -0.2) is 4.79 Å². The van der Waals surface area contributed by atoms with Crippen LogP contribution in [0.4, 0.5) is 0 Å². The van der Waals surface area contributed by atoms with Gasteiger partial charge < -0.3 is 9.88 Å². The van der Waals surface area contributed by atoms with E-state index in [1.54, 1.807) is 7.05 Å². The summed E-state index contributed by atoms with van der Waals surface area (Å²) in [6, 6.07) is 1.91. The van der Waals surface area contributed by atoms with Crippen molar-refractivity contribution in [1.29, 1.82) is 0 Å². The molecule has 0 aromatic carbocycles. The Labute approximate surface area is 120 Å². The first-order valence-electron chi connectivity index (χ1n) is 5.28. The molecule has 6 nitrogen and oxygen atoms in total. The molecule has 0 saturated heterocycles. The highest BCUT2D eigenvalue weighted by atomic mass is 79.9. The number of hydrogen-bond donors (Lipinski definition) is 2. The van der Waals surface area contributed by atoms with Crippen molar-refractivity contribution in [2.24, 2.45) is 0 Å². The largest absolute Gasteiger partial charge is 0.337 e. The number of aromatic amines is 2. The van der Waals surface area contributed by atoms with E-state index in [1.165, 1.54) is 16.2 Å². The average Bonchev–Trinajstić information content (AvgIpc) is 2.74. The lowest BCUT2D eigenvalue weighted by molar-refractivity contribution is 0.0783. The molecule has 0 fully saturated rings. The Hall–Kier alpha value is -1.67. The molecule has 1 amide bonds. The van der Waals surface area contributed by atoms with E-state index in [-0.39, 0.29) is 5.56 Å². The number of carbonyl (C=O) groups is 1. The van der Waals surface area contributed by atoms with Crippen LogP contribution in [0.1, 0.15) is 15.9 Å². The first-order valence-corrected chi connectivity index (χ1v) is 6.95. The standard InChI is InChI=1S/C11H10BrN3O3S/c1-15(4-6-2-8(12)19-5-6)10(17)7-3-13-11(18)14-9(7)16/h2-3,5H,4H2,1H3,(H2,13,14,16,18). The molecule has 0 radical (unpaired) electrons. The minimum absolute atomic E-state index is 0.0867. The van der Waals surface area contributed by atoms with Gasteiger partial charge in [-0.2, -0.15) is 0 Å². The maximum absolute atomic E-state index is 12.1. The maximum atomic E-state index is 12.1. The fourth-order valence-electron chi connectivity index (χ4n) is 1.55. The fourth-order valence-corrected chi connectivity index (χ4v) is 2.75. The quantitative estimate of drug-likeness (QED) is 0.876. The lowest BCUT2D eigenvalue weighted by Gasteiger charge is -2.15. The summed E-state index contributed by atoms with van der Waals surface area (Å²) in [6.07, 6.45) is 1.13. The van der Waals surface area contributed by atoms with E-state index in [4.69, 9.17) is 0 Å². The summed E-state index contributed by atoms with van der Waals surface area (Å²) in [4.78, 5) is 40.2. The molecule has 100 valence electrons. The number of thiophene rings is 1. The van der Waals surface area contributed by atoms with Crippen molar-refractivity contribution >= 4 is 33.2 Å². The summed E-state index contributed by atoms with van der Waals surface area (Å²) >= 11 is 4.87. The van der Waals surface area contributed by atoms with E-state index < -0.39 is 17.2 Å². The monoisotopic (exact) mass is 343 g/mol. The summed E-state index contributed by atoms with van der Waals surface area (Å²) in [5.41, 5.74) is -0.442. The van der Waals surface area contributed by atoms with E-state index in [0.717, 1.165) is 15.5 Å². The van der Waals surface area contributed by atoms with Crippen molar-refractivity contribution in [1.82, 2.24) is 14.9 Å². The molecule has 2 aromatic rings. The van der Waals surface area contributed by atoms with Crippen LogP contribution in [0.15, 0.2) is 31.0 Å². The van der Waals surface area contributed by atoms with Gasteiger partial charge in [0.1, 0.15) is 5.56 Å². The lowest BCUT2D eigenvalue weighted by Crippen LogP contribution is -2.34. The van der Waals surface area contributed by atoms with Gasteiger partial charge in [0.15, 0.2) is 0 Å². The molecule has 0 aliphatic carbocycles. The predicted octanol–water partition coefficient (Wildman–Crippen LogP) is 1.16. The van der Waals surface area contributed by atoms with Crippen LogP contribution >= 0.6 is 27.3 Å². The summed E-state index contributed by atoms with van der Waals surface area (Å²) in [7, 11) is 1.60. The zero-order chi connectivity index (χ0) is 14.0. The van der Waals surface area contributed by atoms with Gasteiger partial charge in [-0.1, -0.05) is 0 Å². The number of nitrogens with one attached hydrogen (secondary N) is 2. The van der Waals surface area contributed by atoms with Gasteiger partial charge in [-0.15, -0.1) is 11.3 Å². The van der Waals surface area contributed by atoms with Crippen LogP contribution in [0.5, 0.6) is 0 Å². The molecule has 8 heteroatoms. The molecule has 2 aromatic heterocycles. The third-order valence-corrected chi connectivity index (χ3v) is 3.99. The summed E-state index contributed by atoms with van der Waals surface area (Å²) < 4.78 is 0.977. The number of amides is 1. The van der Waals surface area contributed by atoms with Gasteiger partial charge in [-0.3, -0.25) is 14.6 Å². The first kappa shape index (κ1) is 13.8. The molecule has 19 heavy (non-hydrogen) atoms. The maximum Gasteiger partial charge on any atom is 0.325 e. The number of aromatic nitrogens is 2. The van der Waals surface area contributed by atoms with Gasteiger partial charge in [-0.05, 0) is 32.9 Å². The van der Waals surface area contributed by atoms with Crippen LogP contribution in [0.25, 0.3) is 0 Å². The van der Waals surface area contributed by atoms with Crippen LogP contribution in [-0.4, -0.2) is 27.8 Å². The topological polar surface area (TPSA) is 86.0 Å². The molecule has 2 rings (SSSR count). The van der Waals surface area contributed by atoms with Gasteiger partial charge in [0.25, 0.3) is 11.5 Å². The molecule has 0 atom stereocenters. The van der Waals surface area contributed by atoms with Crippen molar-refractivity contribution in [2.45, 2.75) is 6.54 Å². The molecule has 0 aliphatic rings. The van der Waals surface area contributed by atoms with Gasteiger partial charge in [0.05, 0.1) is 3.79 Å². The molecular formula is C11H10BrN3O3S. The summed E-state index contributed by atoms with van der Waals surface area (Å²) in [5.74, 6) is -0.445. The number of carbonyl (C=O) groups excluding carboxylic acids is 1. The first-order chi connectivity index (χ1) is 8.97. The van der Waals surface area contributed by atoms with Crippen LogP contribution < -0.4 is 11.2 Å². The Kier molecular flexibility index (Phi) is 4.01. The molecule has 2 heterocycles.